The van der Waals surface area contributed by atoms with Crippen molar-refractivity contribution in [3.63, 3.8) is 0 Å². The zero-order chi connectivity index (χ0) is 12.8. The predicted molar refractivity (Wildman–Crippen MR) is 65.8 cm³/mol. The van der Waals surface area contributed by atoms with Gasteiger partial charge in [0.05, 0.1) is 0 Å². The Bertz CT molecular complexity index is 355. The van der Waals surface area contributed by atoms with Crippen LogP contribution >= 0.6 is 0 Å². The van der Waals surface area contributed by atoms with Gasteiger partial charge in [-0.2, -0.15) is 0 Å². The first-order chi connectivity index (χ1) is 8.02. The fourth-order valence-electron chi connectivity index (χ4n) is 1.96. The van der Waals surface area contributed by atoms with Gasteiger partial charge in [-0.3, -0.25) is 0 Å². The topological polar surface area (TPSA) is 15.3 Å². The first-order valence-electron chi connectivity index (χ1n) is 5.80. The monoisotopic (exact) mass is 242 g/mol. The van der Waals surface area contributed by atoms with Crippen LogP contribution in [0.2, 0.25) is 0 Å². The van der Waals surface area contributed by atoms with Crippen LogP contribution in [0.15, 0.2) is 18.2 Å². The van der Waals surface area contributed by atoms with Crippen molar-refractivity contribution in [1.29, 1.82) is 0 Å². The molecule has 0 radical (unpaired) electrons. The maximum atomic E-state index is 13.0. The number of hydrogen-bond donors (Lipinski definition) is 1. The lowest BCUT2D eigenvalue weighted by molar-refractivity contribution is 0.276. The van der Waals surface area contributed by atoms with Gasteiger partial charge in [0.2, 0.25) is 0 Å². The molecule has 0 aliphatic carbocycles. The molecule has 1 atom stereocenters. The van der Waals surface area contributed by atoms with E-state index >= 15 is 0 Å². The van der Waals surface area contributed by atoms with Crippen molar-refractivity contribution in [3.8, 4) is 0 Å². The molecule has 1 N–H and O–H groups in total. The molecular weight excluding hydrogens is 222 g/mol. The number of nitrogens with one attached hydrogen (secondary N) is 1. The molecule has 0 amide bonds. The second kappa shape index (κ2) is 6.67. The van der Waals surface area contributed by atoms with Crippen LogP contribution in [0.1, 0.15) is 12.5 Å². The maximum absolute atomic E-state index is 13.0. The number of benzene rings is 1. The maximum Gasteiger partial charge on any atom is 0.159 e. The second-order valence-corrected chi connectivity index (χ2v) is 4.61. The molecule has 0 spiro atoms. The number of rotatable bonds is 6. The smallest absolute Gasteiger partial charge is 0.159 e. The first-order valence-corrected chi connectivity index (χ1v) is 5.80. The Morgan fingerprint density at radius 3 is 2.59 bits per heavy atom. The fourth-order valence-corrected chi connectivity index (χ4v) is 1.96. The van der Waals surface area contributed by atoms with Gasteiger partial charge in [-0.25, -0.2) is 8.78 Å². The van der Waals surface area contributed by atoms with E-state index in [0.29, 0.717) is 12.5 Å². The van der Waals surface area contributed by atoms with Crippen LogP contribution in [0.3, 0.4) is 0 Å². The van der Waals surface area contributed by atoms with E-state index in [1.807, 2.05) is 14.1 Å². The second-order valence-electron chi connectivity index (χ2n) is 4.61. The van der Waals surface area contributed by atoms with E-state index in [1.54, 1.807) is 6.07 Å². The van der Waals surface area contributed by atoms with Crippen molar-refractivity contribution >= 4 is 0 Å². The minimum Gasteiger partial charge on any atom is -0.319 e. The van der Waals surface area contributed by atoms with Crippen LogP contribution < -0.4 is 5.32 Å². The van der Waals surface area contributed by atoms with Crippen molar-refractivity contribution in [2.75, 3.05) is 27.2 Å². The summed E-state index contributed by atoms with van der Waals surface area (Å²) in [4.78, 5) is 2.11. The number of nitrogens with zero attached hydrogens (tertiary/aromatic N) is 1. The van der Waals surface area contributed by atoms with Gasteiger partial charge in [0.25, 0.3) is 0 Å². The summed E-state index contributed by atoms with van der Waals surface area (Å²) in [6.45, 7) is 4.64. The van der Waals surface area contributed by atoms with Crippen LogP contribution in [0, 0.1) is 17.6 Å². The van der Waals surface area contributed by atoms with Gasteiger partial charge in [-0.1, -0.05) is 13.0 Å². The van der Waals surface area contributed by atoms with Gasteiger partial charge in [0.1, 0.15) is 0 Å². The van der Waals surface area contributed by atoms with Crippen molar-refractivity contribution in [3.05, 3.63) is 35.4 Å². The number of halogens is 2. The first kappa shape index (κ1) is 14.1. The molecule has 4 heteroatoms. The Labute approximate surface area is 102 Å². The Balaban J connectivity index is 2.50. The Hall–Kier alpha value is -1.00. The highest BCUT2D eigenvalue weighted by molar-refractivity contribution is 5.17. The molecule has 1 rings (SSSR count). The Morgan fingerprint density at radius 2 is 2.00 bits per heavy atom. The summed E-state index contributed by atoms with van der Waals surface area (Å²) in [6.07, 6.45) is 0. The molecule has 1 aromatic carbocycles. The summed E-state index contributed by atoms with van der Waals surface area (Å²) in [7, 11) is 3.90. The van der Waals surface area contributed by atoms with Crippen molar-refractivity contribution in [1.82, 2.24) is 10.2 Å². The van der Waals surface area contributed by atoms with E-state index in [4.69, 9.17) is 0 Å². The van der Waals surface area contributed by atoms with Crippen LogP contribution in [-0.2, 0) is 6.54 Å². The minimum atomic E-state index is -0.792. The molecule has 0 aliphatic heterocycles. The average Bonchev–Trinajstić information content (AvgIpc) is 2.23. The van der Waals surface area contributed by atoms with Gasteiger partial charge < -0.3 is 10.2 Å². The molecule has 2 nitrogen and oxygen atoms in total. The van der Waals surface area contributed by atoms with Crippen LogP contribution in [0.4, 0.5) is 8.78 Å². The molecular formula is C13H20F2N2. The van der Waals surface area contributed by atoms with Crippen LogP contribution in [0.25, 0.3) is 0 Å². The van der Waals surface area contributed by atoms with E-state index in [2.05, 4.69) is 17.1 Å². The summed E-state index contributed by atoms with van der Waals surface area (Å²) < 4.78 is 25.8. The summed E-state index contributed by atoms with van der Waals surface area (Å²) >= 11 is 0. The van der Waals surface area contributed by atoms with E-state index in [0.717, 1.165) is 18.7 Å². The summed E-state index contributed by atoms with van der Waals surface area (Å²) in [5, 5.41) is 3.12. The molecule has 1 unspecified atom stereocenters. The van der Waals surface area contributed by atoms with E-state index in [-0.39, 0.29) is 0 Å². The lowest BCUT2D eigenvalue weighted by atomic mass is 10.1. The zero-order valence-corrected chi connectivity index (χ0v) is 10.6. The SMILES string of the molecule is CNCC(C)CN(C)Cc1ccc(F)c(F)c1. The van der Waals surface area contributed by atoms with Crippen LogP contribution in [0.5, 0.6) is 0 Å². The quantitative estimate of drug-likeness (QED) is 0.823. The van der Waals surface area contributed by atoms with Crippen molar-refractivity contribution < 1.29 is 8.78 Å². The highest BCUT2D eigenvalue weighted by Gasteiger charge is 2.08. The molecule has 0 aromatic heterocycles. The van der Waals surface area contributed by atoms with E-state index in [9.17, 15) is 8.78 Å². The van der Waals surface area contributed by atoms with E-state index in [1.165, 1.54) is 12.1 Å². The summed E-state index contributed by atoms with van der Waals surface area (Å²) in [5.74, 6) is -1.05. The molecule has 0 aliphatic rings. The van der Waals surface area contributed by atoms with Gasteiger partial charge in [0, 0.05) is 13.1 Å². The highest BCUT2D eigenvalue weighted by atomic mass is 19.2. The van der Waals surface area contributed by atoms with Gasteiger partial charge in [0.15, 0.2) is 11.6 Å². The number of hydrogen-bond acceptors (Lipinski definition) is 2. The molecule has 0 bridgehead atoms. The Morgan fingerprint density at radius 1 is 1.29 bits per heavy atom. The largest absolute Gasteiger partial charge is 0.319 e. The fraction of sp³-hybridized carbons (Fsp3) is 0.538. The van der Waals surface area contributed by atoms with Crippen molar-refractivity contribution in [2.24, 2.45) is 5.92 Å². The lowest BCUT2D eigenvalue weighted by Gasteiger charge is -2.21. The third-order valence-corrected chi connectivity index (χ3v) is 2.61. The third-order valence-electron chi connectivity index (χ3n) is 2.61. The summed E-state index contributed by atoms with van der Waals surface area (Å²) in [5.41, 5.74) is 0.794. The molecule has 0 heterocycles. The molecule has 1 aromatic rings. The average molecular weight is 242 g/mol. The predicted octanol–water partition coefficient (Wildman–Crippen LogP) is 2.25. The van der Waals surface area contributed by atoms with Gasteiger partial charge in [-0.05, 0) is 44.3 Å². The highest BCUT2D eigenvalue weighted by Crippen LogP contribution is 2.11. The normalized spacial score (nSPS) is 13.1. The standard InChI is InChI=1S/C13H20F2N2/c1-10(7-16-2)8-17(3)9-11-4-5-12(14)13(15)6-11/h4-6,10,16H,7-9H2,1-3H3. The minimum absolute atomic E-state index is 0.523. The van der Waals surface area contributed by atoms with Crippen LogP contribution in [-0.4, -0.2) is 32.1 Å². The lowest BCUT2D eigenvalue weighted by Crippen LogP contribution is -2.29. The van der Waals surface area contributed by atoms with Gasteiger partial charge in [-0.15, -0.1) is 0 Å². The third kappa shape index (κ3) is 4.79. The van der Waals surface area contributed by atoms with Gasteiger partial charge >= 0.3 is 0 Å². The van der Waals surface area contributed by atoms with E-state index < -0.39 is 11.6 Å². The molecule has 0 saturated heterocycles. The Kier molecular flexibility index (Phi) is 5.51. The summed E-state index contributed by atoms with van der Waals surface area (Å²) in [6, 6.07) is 4.06. The molecule has 0 fully saturated rings. The zero-order valence-electron chi connectivity index (χ0n) is 10.6. The molecule has 17 heavy (non-hydrogen) atoms. The van der Waals surface area contributed by atoms with Crippen molar-refractivity contribution in [2.45, 2.75) is 13.5 Å². The molecule has 0 saturated carbocycles. The molecule has 96 valence electrons.